The molecule has 11 rings (SSSR count). The predicted octanol–water partition coefficient (Wildman–Crippen LogP) is 14.4. The molecule has 2 aromatic heterocycles. The fourth-order valence-corrected chi connectivity index (χ4v) is 8.24. The SMILES string of the molecule is c1ccc(-c2ccc(-c3nc(-c4ccc(-c5ccccc5)cc4)nc(-c4cccc(-c5ccc(-c6nc7ccccc7c7ccc8ccccc8c67)cc5)c4)n3)cc2)cc1. The molecular weight excluding hydrogens is 729 g/mol. The molecule has 4 nitrogen and oxygen atoms in total. The van der Waals surface area contributed by atoms with Crippen LogP contribution in [0.2, 0.25) is 0 Å². The third kappa shape index (κ3) is 6.56. The highest BCUT2D eigenvalue weighted by Crippen LogP contribution is 2.38. The summed E-state index contributed by atoms with van der Waals surface area (Å²) in [7, 11) is 0. The van der Waals surface area contributed by atoms with Crippen LogP contribution in [0.25, 0.3) is 111 Å². The zero-order valence-electron chi connectivity index (χ0n) is 32.6. The minimum absolute atomic E-state index is 0.617. The molecule has 60 heavy (non-hydrogen) atoms. The van der Waals surface area contributed by atoms with Crippen LogP contribution < -0.4 is 0 Å². The molecule has 4 heteroatoms. The van der Waals surface area contributed by atoms with E-state index in [4.69, 9.17) is 19.9 Å². The Morgan fingerprint density at radius 3 is 1.28 bits per heavy atom. The zero-order valence-corrected chi connectivity index (χ0v) is 32.6. The lowest BCUT2D eigenvalue weighted by Crippen LogP contribution is -2.00. The fraction of sp³-hybridized carbons (Fsp3) is 0. The summed E-state index contributed by atoms with van der Waals surface area (Å²) in [5, 5.41) is 5.95. The van der Waals surface area contributed by atoms with Crippen molar-refractivity contribution in [1.29, 1.82) is 0 Å². The van der Waals surface area contributed by atoms with Crippen LogP contribution in [-0.2, 0) is 0 Å². The van der Waals surface area contributed by atoms with Crippen molar-refractivity contribution in [3.05, 3.63) is 218 Å². The van der Waals surface area contributed by atoms with Gasteiger partial charge in [-0.15, -0.1) is 0 Å². The largest absolute Gasteiger partial charge is 0.247 e. The number of para-hydroxylation sites is 1. The van der Waals surface area contributed by atoms with Gasteiger partial charge in [0.25, 0.3) is 0 Å². The van der Waals surface area contributed by atoms with Crippen molar-refractivity contribution in [2.45, 2.75) is 0 Å². The van der Waals surface area contributed by atoms with Crippen molar-refractivity contribution >= 4 is 32.4 Å². The smallest absolute Gasteiger partial charge is 0.164 e. The van der Waals surface area contributed by atoms with Crippen LogP contribution in [0.4, 0.5) is 0 Å². The van der Waals surface area contributed by atoms with Gasteiger partial charge in [0.05, 0.1) is 11.2 Å². The van der Waals surface area contributed by atoms with Gasteiger partial charge in [-0.1, -0.05) is 206 Å². The Hall–Kier alpha value is -8.08. The predicted molar refractivity (Wildman–Crippen MR) is 248 cm³/mol. The van der Waals surface area contributed by atoms with E-state index in [2.05, 4.69) is 206 Å². The van der Waals surface area contributed by atoms with E-state index in [-0.39, 0.29) is 0 Å². The van der Waals surface area contributed by atoms with Crippen molar-refractivity contribution in [3.8, 4) is 78.8 Å². The number of hydrogen-bond acceptors (Lipinski definition) is 4. The van der Waals surface area contributed by atoms with Crippen molar-refractivity contribution in [2.75, 3.05) is 0 Å². The van der Waals surface area contributed by atoms with Crippen LogP contribution in [-0.4, -0.2) is 19.9 Å². The zero-order chi connectivity index (χ0) is 39.8. The third-order valence-corrected chi connectivity index (χ3v) is 11.3. The van der Waals surface area contributed by atoms with Crippen LogP contribution >= 0.6 is 0 Å². The normalized spacial score (nSPS) is 11.3. The molecule has 9 aromatic carbocycles. The summed E-state index contributed by atoms with van der Waals surface area (Å²) >= 11 is 0. The van der Waals surface area contributed by atoms with Crippen LogP contribution in [0.15, 0.2) is 218 Å². The second kappa shape index (κ2) is 15.0. The topological polar surface area (TPSA) is 51.6 Å². The average Bonchev–Trinajstić information content (AvgIpc) is 3.34. The summed E-state index contributed by atoms with van der Waals surface area (Å²) in [6.45, 7) is 0. The minimum Gasteiger partial charge on any atom is -0.247 e. The summed E-state index contributed by atoms with van der Waals surface area (Å²) < 4.78 is 0. The second-order valence-corrected chi connectivity index (χ2v) is 15.0. The standard InChI is InChI=1S/C56H36N4/c1-3-12-37(13-4-1)39-24-30-44(31-25-39)54-58-55(45-32-26-40(27-33-45)38-14-5-2-6-15-38)60-56(59-54)47-18-11-17-46(36-47)41-22-28-43(29-23-41)53-52-48-19-8-7-16-42(48)34-35-50(52)49-20-9-10-21-51(49)57-53/h1-36H. The molecule has 0 aliphatic rings. The highest BCUT2D eigenvalue weighted by atomic mass is 15.0. The van der Waals surface area contributed by atoms with Gasteiger partial charge in [0.2, 0.25) is 0 Å². The quantitative estimate of drug-likeness (QED) is 0.152. The second-order valence-electron chi connectivity index (χ2n) is 15.0. The van der Waals surface area contributed by atoms with Gasteiger partial charge in [-0.3, -0.25) is 0 Å². The lowest BCUT2D eigenvalue weighted by molar-refractivity contribution is 1.07. The Bertz CT molecular complexity index is 3220. The molecule has 0 atom stereocenters. The molecular formula is C56H36N4. The molecule has 0 saturated heterocycles. The molecule has 0 bridgehead atoms. The van der Waals surface area contributed by atoms with Gasteiger partial charge in [0.15, 0.2) is 17.5 Å². The highest BCUT2D eigenvalue weighted by Gasteiger charge is 2.16. The minimum atomic E-state index is 0.617. The van der Waals surface area contributed by atoms with E-state index in [1.54, 1.807) is 0 Å². The molecule has 0 aliphatic carbocycles. The van der Waals surface area contributed by atoms with Crippen molar-refractivity contribution < 1.29 is 0 Å². The van der Waals surface area contributed by atoms with E-state index >= 15 is 0 Å². The summed E-state index contributed by atoms with van der Waals surface area (Å²) in [5.74, 6) is 1.87. The van der Waals surface area contributed by atoms with Crippen LogP contribution in [0.1, 0.15) is 0 Å². The number of hydrogen-bond donors (Lipinski definition) is 0. The number of fused-ring (bicyclic) bond motifs is 5. The Morgan fingerprint density at radius 1 is 0.233 bits per heavy atom. The third-order valence-electron chi connectivity index (χ3n) is 11.3. The van der Waals surface area contributed by atoms with Gasteiger partial charge in [0, 0.05) is 33.0 Å². The summed E-state index contributed by atoms with van der Waals surface area (Å²) in [5.41, 5.74) is 12.6. The van der Waals surface area contributed by atoms with Crippen LogP contribution in [0, 0.1) is 0 Å². The molecule has 0 aliphatic heterocycles. The van der Waals surface area contributed by atoms with E-state index in [0.29, 0.717) is 17.5 Å². The maximum absolute atomic E-state index is 5.26. The Kier molecular flexibility index (Phi) is 8.79. The first-order valence-corrected chi connectivity index (χ1v) is 20.2. The molecule has 11 aromatic rings. The lowest BCUT2D eigenvalue weighted by Gasteiger charge is -2.13. The molecule has 0 radical (unpaired) electrons. The molecule has 0 saturated carbocycles. The van der Waals surface area contributed by atoms with Gasteiger partial charge in [-0.2, -0.15) is 0 Å². The molecule has 0 fully saturated rings. The monoisotopic (exact) mass is 764 g/mol. The van der Waals surface area contributed by atoms with Gasteiger partial charge in [-0.05, 0) is 61.7 Å². The summed E-state index contributed by atoms with van der Waals surface area (Å²) in [6.07, 6.45) is 0. The Balaban J connectivity index is 0.981. The van der Waals surface area contributed by atoms with E-state index in [9.17, 15) is 0 Å². The van der Waals surface area contributed by atoms with E-state index in [0.717, 1.165) is 61.1 Å². The van der Waals surface area contributed by atoms with Gasteiger partial charge in [-0.25, -0.2) is 19.9 Å². The lowest BCUT2D eigenvalue weighted by atomic mass is 9.94. The average molecular weight is 765 g/mol. The first-order chi connectivity index (χ1) is 29.7. The summed E-state index contributed by atoms with van der Waals surface area (Å²) in [6, 6.07) is 76.4. The van der Waals surface area contributed by atoms with Gasteiger partial charge >= 0.3 is 0 Å². The first kappa shape index (κ1) is 35.1. The van der Waals surface area contributed by atoms with Crippen molar-refractivity contribution in [1.82, 2.24) is 19.9 Å². The number of benzene rings is 9. The summed E-state index contributed by atoms with van der Waals surface area (Å²) in [4.78, 5) is 20.5. The number of nitrogens with zero attached hydrogens (tertiary/aromatic N) is 4. The number of rotatable bonds is 7. The molecule has 0 N–H and O–H groups in total. The molecule has 0 spiro atoms. The van der Waals surface area contributed by atoms with Crippen LogP contribution in [0.5, 0.6) is 0 Å². The van der Waals surface area contributed by atoms with Crippen LogP contribution in [0.3, 0.4) is 0 Å². The maximum Gasteiger partial charge on any atom is 0.164 e. The van der Waals surface area contributed by atoms with Gasteiger partial charge < -0.3 is 0 Å². The number of pyridine rings is 1. The highest BCUT2D eigenvalue weighted by molar-refractivity contribution is 6.21. The molecule has 280 valence electrons. The van der Waals surface area contributed by atoms with Crippen molar-refractivity contribution in [3.63, 3.8) is 0 Å². The Morgan fingerprint density at radius 2 is 0.667 bits per heavy atom. The van der Waals surface area contributed by atoms with E-state index in [1.807, 2.05) is 12.1 Å². The van der Waals surface area contributed by atoms with Crippen molar-refractivity contribution in [2.24, 2.45) is 0 Å². The number of aromatic nitrogens is 4. The van der Waals surface area contributed by atoms with Gasteiger partial charge in [0.1, 0.15) is 0 Å². The molecule has 0 amide bonds. The first-order valence-electron chi connectivity index (χ1n) is 20.2. The fourth-order valence-electron chi connectivity index (χ4n) is 8.24. The van der Waals surface area contributed by atoms with E-state index < -0.39 is 0 Å². The molecule has 0 unspecified atom stereocenters. The molecule has 2 heterocycles. The maximum atomic E-state index is 5.26. The van der Waals surface area contributed by atoms with E-state index in [1.165, 1.54) is 32.7 Å². The Labute approximate surface area is 348 Å².